The first-order valence-corrected chi connectivity index (χ1v) is 6.91. The fourth-order valence-electron chi connectivity index (χ4n) is 2.61. The van der Waals surface area contributed by atoms with Gasteiger partial charge in [-0.15, -0.1) is 0 Å². The first-order valence-electron chi connectivity index (χ1n) is 6.91. The van der Waals surface area contributed by atoms with Gasteiger partial charge in [0.2, 0.25) is 0 Å². The van der Waals surface area contributed by atoms with Crippen molar-refractivity contribution in [2.24, 2.45) is 5.92 Å². The molecule has 0 bridgehead atoms. The lowest BCUT2D eigenvalue weighted by Crippen LogP contribution is -2.28. The summed E-state index contributed by atoms with van der Waals surface area (Å²) in [5.74, 6) is 1.22. The van der Waals surface area contributed by atoms with E-state index in [1.165, 1.54) is 0 Å². The summed E-state index contributed by atoms with van der Waals surface area (Å²) in [6.07, 6.45) is 3.04. The van der Waals surface area contributed by atoms with Crippen molar-refractivity contribution >= 4 is 11.6 Å². The number of hydrogen-bond donors (Lipinski definition) is 0. The number of benzene rings is 1. The van der Waals surface area contributed by atoms with Crippen molar-refractivity contribution in [3.05, 3.63) is 23.8 Å². The molecule has 1 saturated carbocycles. The number of Topliss-reactive ketones (excluding diaryl/α,β-unsaturated/α-hetero) is 2. The molecule has 0 aromatic heterocycles. The molecule has 2 rings (SSSR count). The van der Waals surface area contributed by atoms with Crippen LogP contribution in [0.5, 0.6) is 11.5 Å². The minimum Gasteiger partial charge on any atom is -0.497 e. The van der Waals surface area contributed by atoms with Crippen LogP contribution in [0, 0.1) is 5.92 Å². The second-order valence-electron chi connectivity index (χ2n) is 5.10. The molecule has 0 N–H and O–H groups in total. The van der Waals surface area contributed by atoms with Crippen molar-refractivity contribution in [3.8, 4) is 11.5 Å². The predicted octanol–water partition coefficient (Wildman–Crippen LogP) is 2.57. The molecule has 0 saturated heterocycles. The zero-order chi connectivity index (χ0) is 14.5. The van der Waals surface area contributed by atoms with Gasteiger partial charge in [0.15, 0.2) is 0 Å². The van der Waals surface area contributed by atoms with Gasteiger partial charge in [-0.2, -0.15) is 0 Å². The van der Waals surface area contributed by atoms with Crippen LogP contribution in [0.15, 0.2) is 18.2 Å². The Morgan fingerprint density at radius 1 is 1.00 bits per heavy atom. The van der Waals surface area contributed by atoms with E-state index in [0.29, 0.717) is 32.1 Å². The third kappa shape index (κ3) is 3.38. The minimum absolute atomic E-state index is 0.0936. The third-order valence-electron chi connectivity index (χ3n) is 3.76. The summed E-state index contributed by atoms with van der Waals surface area (Å²) < 4.78 is 10.4. The number of aryl methyl sites for hydroxylation is 1. The molecule has 0 atom stereocenters. The number of methoxy groups -OCH3 is 2. The van der Waals surface area contributed by atoms with E-state index in [0.717, 1.165) is 17.1 Å². The first kappa shape index (κ1) is 14.6. The largest absolute Gasteiger partial charge is 0.497 e. The Balaban J connectivity index is 2.06. The standard InChI is InChI=1S/C16H20O4/c1-19-12-8-11(9-13(10-12)20-2)6-7-14-15(17)4-3-5-16(14)18/h8-10,14H,3-7H2,1-2H3. The van der Waals surface area contributed by atoms with Crippen LogP contribution in [0.4, 0.5) is 0 Å². The number of ether oxygens (including phenoxy) is 2. The van der Waals surface area contributed by atoms with Crippen LogP contribution < -0.4 is 9.47 Å². The molecule has 0 radical (unpaired) electrons. The summed E-state index contributed by atoms with van der Waals surface area (Å²) in [6, 6.07) is 5.64. The van der Waals surface area contributed by atoms with E-state index < -0.39 is 5.92 Å². The summed E-state index contributed by atoms with van der Waals surface area (Å²) in [4.78, 5) is 23.6. The molecule has 0 aliphatic heterocycles. The Labute approximate surface area is 119 Å². The molecule has 1 aromatic carbocycles. The fourth-order valence-corrected chi connectivity index (χ4v) is 2.61. The maximum Gasteiger partial charge on any atom is 0.143 e. The van der Waals surface area contributed by atoms with Crippen molar-refractivity contribution in [1.29, 1.82) is 0 Å². The molecule has 4 nitrogen and oxygen atoms in total. The summed E-state index contributed by atoms with van der Waals surface area (Å²) in [5, 5.41) is 0. The Bertz CT molecular complexity index is 469. The van der Waals surface area contributed by atoms with E-state index in [4.69, 9.17) is 9.47 Å². The number of rotatable bonds is 5. The van der Waals surface area contributed by atoms with Gasteiger partial charge < -0.3 is 9.47 Å². The Morgan fingerprint density at radius 2 is 1.55 bits per heavy atom. The van der Waals surface area contributed by atoms with Crippen LogP contribution in [0.1, 0.15) is 31.2 Å². The molecule has 0 spiro atoms. The molecule has 108 valence electrons. The highest BCUT2D eigenvalue weighted by Gasteiger charge is 2.29. The Hall–Kier alpha value is -1.84. The highest BCUT2D eigenvalue weighted by Crippen LogP contribution is 2.26. The average Bonchev–Trinajstić information content (AvgIpc) is 2.46. The average molecular weight is 276 g/mol. The SMILES string of the molecule is COc1cc(CCC2C(=O)CCCC2=O)cc(OC)c1. The molecule has 1 aliphatic rings. The van der Waals surface area contributed by atoms with Crippen LogP contribution in [0.2, 0.25) is 0 Å². The van der Waals surface area contributed by atoms with E-state index in [-0.39, 0.29) is 11.6 Å². The van der Waals surface area contributed by atoms with Gasteiger partial charge in [-0.1, -0.05) is 0 Å². The fraction of sp³-hybridized carbons (Fsp3) is 0.500. The smallest absolute Gasteiger partial charge is 0.143 e. The normalized spacial score (nSPS) is 16.3. The van der Waals surface area contributed by atoms with Gasteiger partial charge in [-0.3, -0.25) is 9.59 Å². The van der Waals surface area contributed by atoms with Crippen LogP contribution >= 0.6 is 0 Å². The lowest BCUT2D eigenvalue weighted by molar-refractivity contribution is -0.135. The van der Waals surface area contributed by atoms with E-state index in [1.54, 1.807) is 20.3 Å². The van der Waals surface area contributed by atoms with E-state index >= 15 is 0 Å². The summed E-state index contributed by atoms with van der Waals surface area (Å²) in [5.41, 5.74) is 1.02. The second kappa shape index (κ2) is 6.55. The molecular weight excluding hydrogens is 256 g/mol. The molecule has 20 heavy (non-hydrogen) atoms. The van der Waals surface area contributed by atoms with Crippen LogP contribution in [0.25, 0.3) is 0 Å². The monoisotopic (exact) mass is 276 g/mol. The molecule has 1 aromatic rings. The van der Waals surface area contributed by atoms with Crippen LogP contribution in [-0.4, -0.2) is 25.8 Å². The van der Waals surface area contributed by atoms with Crippen molar-refractivity contribution in [2.45, 2.75) is 32.1 Å². The zero-order valence-corrected chi connectivity index (χ0v) is 12.0. The van der Waals surface area contributed by atoms with Gasteiger partial charge in [0.1, 0.15) is 23.1 Å². The maximum absolute atomic E-state index is 11.8. The van der Waals surface area contributed by atoms with Crippen molar-refractivity contribution in [3.63, 3.8) is 0 Å². The second-order valence-corrected chi connectivity index (χ2v) is 5.10. The quantitative estimate of drug-likeness (QED) is 0.776. The van der Waals surface area contributed by atoms with E-state index in [1.807, 2.05) is 12.1 Å². The number of hydrogen-bond acceptors (Lipinski definition) is 4. The highest BCUT2D eigenvalue weighted by atomic mass is 16.5. The van der Waals surface area contributed by atoms with Crippen molar-refractivity contribution < 1.29 is 19.1 Å². The molecule has 0 amide bonds. The molecule has 1 aliphatic carbocycles. The number of carbonyl (C=O) groups is 2. The van der Waals surface area contributed by atoms with E-state index in [2.05, 4.69) is 0 Å². The zero-order valence-electron chi connectivity index (χ0n) is 12.0. The number of ketones is 2. The topological polar surface area (TPSA) is 52.6 Å². The summed E-state index contributed by atoms with van der Waals surface area (Å²) in [7, 11) is 3.21. The predicted molar refractivity (Wildman–Crippen MR) is 75.2 cm³/mol. The van der Waals surface area contributed by atoms with Gasteiger partial charge in [0, 0.05) is 18.9 Å². The minimum atomic E-state index is -0.416. The van der Waals surface area contributed by atoms with Gasteiger partial charge in [0.05, 0.1) is 20.1 Å². The van der Waals surface area contributed by atoms with Gasteiger partial charge >= 0.3 is 0 Å². The van der Waals surface area contributed by atoms with Crippen LogP contribution in [-0.2, 0) is 16.0 Å². The molecule has 0 unspecified atom stereocenters. The molecule has 1 fully saturated rings. The summed E-state index contributed by atoms with van der Waals surface area (Å²) >= 11 is 0. The highest BCUT2D eigenvalue weighted by molar-refractivity contribution is 6.04. The molecule has 0 heterocycles. The van der Waals surface area contributed by atoms with Crippen LogP contribution in [0.3, 0.4) is 0 Å². The molecule has 4 heteroatoms. The number of carbonyl (C=O) groups excluding carboxylic acids is 2. The van der Waals surface area contributed by atoms with Gasteiger partial charge in [-0.05, 0) is 37.0 Å². The van der Waals surface area contributed by atoms with E-state index in [9.17, 15) is 9.59 Å². The van der Waals surface area contributed by atoms with Crippen molar-refractivity contribution in [2.75, 3.05) is 14.2 Å². The van der Waals surface area contributed by atoms with Gasteiger partial charge in [0.25, 0.3) is 0 Å². The Morgan fingerprint density at radius 3 is 2.05 bits per heavy atom. The lowest BCUT2D eigenvalue weighted by Gasteiger charge is -2.19. The maximum atomic E-state index is 11.8. The van der Waals surface area contributed by atoms with Gasteiger partial charge in [-0.25, -0.2) is 0 Å². The molecular formula is C16H20O4. The summed E-state index contributed by atoms with van der Waals surface area (Å²) in [6.45, 7) is 0. The first-order chi connectivity index (χ1) is 9.63. The lowest BCUT2D eigenvalue weighted by atomic mass is 9.83. The Kier molecular flexibility index (Phi) is 4.77. The third-order valence-corrected chi connectivity index (χ3v) is 3.76. The van der Waals surface area contributed by atoms with Crippen molar-refractivity contribution in [1.82, 2.24) is 0 Å².